The molecular weight excluding hydrogens is 220 g/mol. The van der Waals surface area contributed by atoms with E-state index in [1.54, 1.807) is 0 Å². The highest BCUT2D eigenvalue weighted by atomic mass is 15.2. The van der Waals surface area contributed by atoms with Crippen molar-refractivity contribution in [1.82, 2.24) is 10.2 Å². The van der Waals surface area contributed by atoms with Crippen LogP contribution >= 0.6 is 0 Å². The molecule has 2 rings (SSSR count). The minimum Gasteiger partial charge on any atom is -0.316 e. The van der Waals surface area contributed by atoms with Crippen molar-refractivity contribution >= 4 is 0 Å². The molecule has 0 amide bonds. The third-order valence-electron chi connectivity index (χ3n) is 4.73. The van der Waals surface area contributed by atoms with Crippen molar-refractivity contribution in [3.05, 3.63) is 0 Å². The fourth-order valence-corrected chi connectivity index (χ4v) is 3.67. The van der Waals surface area contributed by atoms with Crippen LogP contribution in [0.5, 0.6) is 0 Å². The van der Waals surface area contributed by atoms with Gasteiger partial charge in [-0.15, -0.1) is 0 Å². The van der Waals surface area contributed by atoms with Gasteiger partial charge in [-0.3, -0.25) is 0 Å². The molecule has 2 heteroatoms. The highest BCUT2D eigenvalue weighted by Gasteiger charge is 2.30. The van der Waals surface area contributed by atoms with Gasteiger partial charge in [0.2, 0.25) is 0 Å². The van der Waals surface area contributed by atoms with Crippen LogP contribution in [-0.4, -0.2) is 37.1 Å². The van der Waals surface area contributed by atoms with Crippen LogP contribution in [0, 0.1) is 17.8 Å². The lowest BCUT2D eigenvalue weighted by atomic mass is 9.86. The molecule has 1 saturated heterocycles. The van der Waals surface area contributed by atoms with E-state index in [1.165, 1.54) is 58.3 Å². The van der Waals surface area contributed by atoms with Gasteiger partial charge in [-0.25, -0.2) is 0 Å². The van der Waals surface area contributed by atoms with Gasteiger partial charge >= 0.3 is 0 Å². The molecule has 1 saturated carbocycles. The van der Waals surface area contributed by atoms with Crippen LogP contribution in [0.2, 0.25) is 0 Å². The van der Waals surface area contributed by atoms with Crippen LogP contribution in [0.4, 0.5) is 0 Å². The molecular formula is C16H32N2. The van der Waals surface area contributed by atoms with Crippen molar-refractivity contribution in [1.29, 1.82) is 0 Å². The molecule has 1 heterocycles. The van der Waals surface area contributed by atoms with E-state index in [2.05, 4.69) is 31.0 Å². The molecule has 1 aliphatic carbocycles. The second-order valence-corrected chi connectivity index (χ2v) is 7.13. The van der Waals surface area contributed by atoms with E-state index in [1.807, 2.05) is 0 Å². The number of rotatable bonds is 5. The van der Waals surface area contributed by atoms with Gasteiger partial charge in [0.05, 0.1) is 0 Å². The first kappa shape index (κ1) is 14.3. The summed E-state index contributed by atoms with van der Waals surface area (Å²) in [6.07, 6.45) is 7.24. The fourth-order valence-electron chi connectivity index (χ4n) is 3.67. The molecule has 2 nitrogen and oxygen atoms in total. The quantitative estimate of drug-likeness (QED) is 0.809. The van der Waals surface area contributed by atoms with Crippen LogP contribution in [-0.2, 0) is 0 Å². The van der Waals surface area contributed by atoms with Crippen LogP contribution in [0.15, 0.2) is 0 Å². The Hall–Kier alpha value is -0.0800. The zero-order valence-electron chi connectivity index (χ0n) is 12.6. The minimum absolute atomic E-state index is 0.779. The van der Waals surface area contributed by atoms with Crippen molar-refractivity contribution in [2.45, 2.75) is 58.9 Å². The Morgan fingerprint density at radius 1 is 1.22 bits per heavy atom. The van der Waals surface area contributed by atoms with Crippen LogP contribution in [0.25, 0.3) is 0 Å². The zero-order chi connectivity index (χ0) is 13.0. The summed E-state index contributed by atoms with van der Waals surface area (Å²) in [5.74, 6) is 2.64. The number of likely N-dealkylation sites (tertiary alicyclic amines) is 1. The van der Waals surface area contributed by atoms with Gasteiger partial charge in [0.15, 0.2) is 0 Å². The molecule has 3 atom stereocenters. The number of nitrogens with one attached hydrogen (secondary N) is 1. The molecule has 0 aromatic rings. The summed E-state index contributed by atoms with van der Waals surface area (Å²) in [5, 5.41) is 3.63. The summed E-state index contributed by atoms with van der Waals surface area (Å²) >= 11 is 0. The first-order valence-electron chi connectivity index (χ1n) is 8.10. The lowest BCUT2D eigenvalue weighted by Gasteiger charge is -2.34. The van der Waals surface area contributed by atoms with E-state index < -0.39 is 0 Å². The monoisotopic (exact) mass is 252 g/mol. The standard InChI is InChI=1S/C16H32N2/c1-13(2)10-17-11-15-7-8-18(12-15)16-6-4-5-14(3)9-16/h13-17H,4-12H2,1-3H3. The van der Waals surface area contributed by atoms with Gasteiger partial charge in [0.1, 0.15) is 0 Å². The Labute approximate surface area is 114 Å². The molecule has 2 fully saturated rings. The predicted octanol–water partition coefficient (Wildman–Crippen LogP) is 3.13. The van der Waals surface area contributed by atoms with Gasteiger partial charge in [0, 0.05) is 12.6 Å². The van der Waals surface area contributed by atoms with Crippen molar-refractivity contribution in [2.75, 3.05) is 26.2 Å². The summed E-state index contributed by atoms with van der Waals surface area (Å²) < 4.78 is 0. The molecule has 2 aliphatic rings. The Morgan fingerprint density at radius 3 is 2.78 bits per heavy atom. The number of hydrogen-bond acceptors (Lipinski definition) is 2. The van der Waals surface area contributed by atoms with Crippen LogP contribution in [0.3, 0.4) is 0 Å². The highest BCUT2D eigenvalue weighted by Crippen LogP contribution is 2.30. The average Bonchev–Trinajstić information content (AvgIpc) is 2.77. The number of nitrogens with zero attached hydrogens (tertiary/aromatic N) is 1. The van der Waals surface area contributed by atoms with Crippen LogP contribution in [0.1, 0.15) is 52.9 Å². The van der Waals surface area contributed by atoms with Crippen LogP contribution < -0.4 is 5.32 Å². The maximum absolute atomic E-state index is 3.63. The van der Waals surface area contributed by atoms with E-state index in [0.29, 0.717) is 0 Å². The van der Waals surface area contributed by atoms with Crippen molar-refractivity contribution in [3.8, 4) is 0 Å². The van der Waals surface area contributed by atoms with E-state index in [9.17, 15) is 0 Å². The van der Waals surface area contributed by atoms with E-state index in [0.717, 1.165) is 23.8 Å². The maximum atomic E-state index is 3.63. The normalized spacial score (nSPS) is 34.3. The van der Waals surface area contributed by atoms with E-state index in [-0.39, 0.29) is 0 Å². The van der Waals surface area contributed by atoms with Crippen molar-refractivity contribution in [3.63, 3.8) is 0 Å². The molecule has 106 valence electrons. The molecule has 1 N–H and O–H groups in total. The Balaban J connectivity index is 1.67. The van der Waals surface area contributed by atoms with Gasteiger partial charge in [0.25, 0.3) is 0 Å². The maximum Gasteiger partial charge on any atom is 0.00979 e. The smallest absolute Gasteiger partial charge is 0.00979 e. The van der Waals surface area contributed by atoms with E-state index in [4.69, 9.17) is 0 Å². The largest absolute Gasteiger partial charge is 0.316 e. The highest BCUT2D eigenvalue weighted by molar-refractivity contribution is 4.85. The van der Waals surface area contributed by atoms with Gasteiger partial charge in [-0.2, -0.15) is 0 Å². The molecule has 0 radical (unpaired) electrons. The second-order valence-electron chi connectivity index (χ2n) is 7.13. The average molecular weight is 252 g/mol. The molecule has 1 aliphatic heterocycles. The Kier molecular flexibility index (Phi) is 5.50. The molecule has 3 unspecified atom stereocenters. The molecule has 0 bridgehead atoms. The van der Waals surface area contributed by atoms with Gasteiger partial charge in [-0.1, -0.05) is 33.6 Å². The summed E-state index contributed by atoms with van der Waals surface area (Å²) in [5.41, 5.74) is 0. The summed E-state index contributed by atoms with van der Waals surface area (Å²) in [6.45, 7) is 12.1. The minimum atomic E-state index is 0.779. The lowest BCUT2D eigenvalue weighted by Crippen LogP contribution is -2.37. The molecule has 0 spiro atoms. The SMILES string of the molecule is CC(C)CNCC1CCN(C2CCCC(C)C2)C1. The Morgan fingerprint density at radius 2 is 2.06 bits per heavy atom. The van der Waals surface area contributed by atoms with Gasteiger partial charge < -0.3 is 10.2 Å². The zero-order valence-corrected chi connectivity index (χ0v) is 12.6. The fraction of sp³-hybridized carbons (Fsp3) is 1.00. The third-order valence-corrected chi connectivity index (χ3v) is 4.73. The van der Waals surface area contributed by atoms with Crippen molar-refractivity contribution < 1.29 is 0 Å². The predicted molar refractivity (Wildman–Crippen MR) is 78.8 cm³/mol. The third kappa shape index (κ3) is 4.24. The molecule has 0 aromatic heterocycles. The van der Waals surface area contributed by atoms with Crippen molar-refractivity contribution in [2.24, 2.45) is 17.8 Å². The Bertz CT molecular complexity index is 239. The molecule has 0 aromatic carbocycles. The topological polar surface area (TPSA) is 15.3 Å². The first-order valence-corrected chi connectivity index (χ1v) is 8.10. The van der Waals surface area contributed by atoms with Gasteiger partial charge in [-0.05, 0) is 56.7 Å². The first-order chi connectivity index (χ1) is 8.65. The molecule has 18 heavy (non-hydrogen) atoms. The van der Waals surface area contributed by atoms with E-state index >= 15 is 0 Å². The summed E-state index contributed by atoms with van der Waals surface area (Å²) in [6, 6.07) is 0.906. The summed E-state index contributed by atoms with van der Waals surface area (Å²) in [7, 11) is 0. The number of hydrogen-bond donors (Lipinski definition) is 1. The summed E-state index contributed by atoms with van der Waals surface area (Å²) in [4.78, 5) is 2.79. The second kappa shape index (κ2) is 6.91. The lowest BCUT2D eigenvalue weighted by molar-refractivity contribution is 0.158.